The zero-order valence-corrected chi connectivity index (χ0v) is 26.8. The third kappa shape index (κ3) is 15.6. The maximum absolute atomic E-state index is 12.3. The summed E-state index contributed by atoms with van der Waals surface area (Å²) < 4.78 is 32.9. The number of aryl methyl sites for hydroxylation is 2. The fraction of sp³-hybridized carbons (Fsp3) is 0.367. The number of rotatable bonds is 0. The van der Waals surface area contributed by atoms with Crippen molar-refractivity contribution in [3.8, 4) is 11.5 Å². The van der Waals surface area contributed by atoms with Gasteiger partial charge in [-0.25, -0.2) is 0 Å². The van der Waals surface area contributed by atoms with Crippen LogP contribution in [-0.2, 0) is 39.1 Å². The molecule has 36 heavy (non-hydrogen) atoms. The van der Waals surface area contributed by atoms with Gasteiger partial charge in [0.05, 0.1) is 0 Å². The Kier molecular flexibility index (Phi) is 26.0. The van der Waals surface area contributed by atoms with Crippen LogP contribution in [0.4, 0.5) is 8.78 Å². The number of hydrogen-bond donors (Lipinski definition) is 0. The number of fused-ring (bicyclic) bond motifs is 2. The zero-order chi connectivity index (χ0) is 25.8. The van der Waals surface area contributed by atoms with Crippen LogP contribution >= 0.6 is 11.8 Å². The quantitative estimate of drug-likeness (QED) is 0.241. The third-order valence-electron chi connectivity index (χ3n) is 4.07. The normalized spacial score (nSPS) is 12.4. The molecule has 0 saturated heterocycles. The Labute approximate surface area is 248 Å². The van der Waals surface area contributed by atoms with Gasteiger partial charge in [-0.1, -0.05) is 108 Å². The van der Waals surface area contributed by atoms with Gasteiger partial charge in [0, 0.05) is 37.6 Å². The molecular formula is C30H43F2O2SY-. The Hall–Kier alpha value is -1.43. The van der Waals surface area contributed by atoms with Crippen molar-refractivity contribution in [3.63, 3.8) is 0 Å². The predicted octanol–water partition coefficient (Wildman–Crippen LogP) is 10.3. The van der Waals surface area contributed by atoms with Crippen molar-refractivity contribution in [2.24, 2.45) is 0 Å². The van der Waals surface area contributed by atoms with Crippen molar-refractivity contribution >= 4 is 11.8 Å². The van der Waals surface area contributed by atoms with E-state index in [0.29, 0.717) is 0 Å². The van der Waals surface area contributed by atoms with Crippen molar-refractivity contribution in [1.29, 1.82) is 0 Å². The molecule has 3 aromatic carbocycles. The molecule has 0 aliphatic carbocycles. The standard InChI is InChI=1S/C9H10S.C7H4F2O2.C7H8.3C2H6.CH3.Y/c1-2-6-9-8(4-1)5-3-7-10-9;8-7(9)10-5-3-1-2-4-6(5)11-7;1-7-5-3-2-4-6-7;3*1-2;;/h1-2,4,6H,3,5,7H2;1-4H;2-6H,1H3;3*1-2H3;1H3;/q;;;;;;-1;. The number of hydrogen-bond acceptors (Lipinski definition) is 3. The fourth-order valence-corrected chi connectivity index (χ4v) is 3.76. The molecule has 0 amide bonds. The van der Waals surface area contributed by atoms with E-state index in [-0.39, 0.29) is 51.6 Å². The van der Waals surface area contributed by atoms with E-state index in [2.05, 4.69) is 52.8 Å². The van der Waals surface area contributed by atoms with E-state index in [0.717, 1.165) is 0 Å². The first-order valence-corrected chi connectivity index (χ1v) is 13.1. The van der Waals surface area contributed by atoms with Crippen LogP contribution < -0.4 is 9.47 Å². The summed E-state index contributed by atoms with van der Waals surface area (Å²) in [5.41, 5.74) is 2.86. The van der Waals surface area contributed by atoms with E-state index >= 15 is 0 Å². The molecule has 2 aliphatic heterocycles. The first-order valence-electron chi connectivity index (χ1n) is 12.1. The van der Waals surface area contributed by atoms with Gasteiger partial charge < -0.3 is 16.9 Å². The maximum Gasteiger partial charge on any atom is 0.586 e. The van der Waals surface area contributed by atoms with E-state index in [1.807, 2.05) is 71.5 Å². The van der Waals surface area contributed by atoms with Crippen molar-refractivity contribution < 1.29 is 51.0 Å². The molecule has 0 aromatic heterocycles. The van der Waals surface area contributed by atoms with E-state index < -0.39 is 6.29 Å². The average Bonchev–Trinajstić information content (AvgIpc) is 3.23. The molecule has 0 fully saturated rings. The minimum absolute atomic E-state index is 0. The van der Waals surface area contributed by atoms with Crippen molar-refractivity contribution in [3.05, 3.63) is 97.4 Å². The van der Waals surface area contributed by atoms with Crippen LogP contribution in [0.5, 0.6) is 11.5 Å². The molecule has 0 spiro atoms. The molecule has 2 aliphatic rings. The van der Waals surface area contributed by atoms with Gasteiger partial charge in [-0.2, -0.15) is 0 Å². The average molecular weight is 595 g/mol. The second-order valence-corrected chi connectivity index (χ2v) is 7.47. The van der Waals surface area contributed by atoms with Gasteiger partial charge in [-0.3, -0.25) is 0 Å². The Bertz CT molecular complexity index is 841. The van der Waals surface area contributed by atoms with Crippen LogP contribution in [0.15, 0.2) is 83.8 Å². The molecule has 6 heteroatoms. The summed E-state index contributed by atoms with van der Waals surface area (Å²) in [6.45, 7) is 14.1. The molecule has 0 unspecified atom stereocenters. The molecule has 0 saturated carbocycles. The molecule has 3 aromatic rings. The fourth-order valence-electron chi connectivity index (χ4n) is 2.73. The van der Waals surface area contributed by atoms with Gasteiger partial charge in [0.2, 0.25) is 0 Å². The van der Waals surface area contributed by atoms with Crippen molar-refractivity contribution in [1.82, 2.24) is 0 Å². The second-order valence-electron chi connectivity index (χ2n) is 6.33. The molecule has 2 nitrogen and oxygen atoms in total. The minimum Gasteiger partial charge on any atom is -0.395 e. The molecule has 1 radical (unpaired) electrons. The van der Waals surface area contributed by atoms with Crippen LogP contribution in [0.1, 0.15) is 59.1 Å². The van der Waals surface area contributed by atoms with Crippen LogP contribution in [0.3, 0.4) is 0 Å². The number of halogens is 2. The topological polar surface area (TPSA) is 18.5 Å². The largest absolute Gasteiger partial charge is 0.586 e. The molecule has 5 rings (SSSR count). The van der Waals surface area contributed by atoms with Crippen LogP contribution in [0.25, 0.3) is 0 Å². The molecule has 2 heterocycles. The molecule has 0 bridgehead atoms. The van der Waals surface area contributed by atoms with E-state index in [1.165, 1.54) is 41.2 Å². The van der Waals surface area contributed by atoms with Gasteiger partial charge in [0.1, 0.15) is 0 Å². The summed E-state index contributed by atoms with van der Waals surface area (Å²) in [5, 5.41) is 0. The number of benzene rings is 3. The zero-order valence-electron chi connectivity index (χ0n) is 23.2. The number of thioether (sulfide) groups is 1. The van der Waals surface area contributed by atoms with Crippen LogP contribution in [0.2, 0.25) is 0 Å². The van der Waals surface area contributed by atoms with Gasteiger partial charge in [0.15, 0.2) is 11.5 Å². The van der Waals surface area contributed by atoms with Gasteiger partial charge in [0.25, 0.3) is 0 Å². The first-order chi connectivity index (χ1) is 16.5. The summed E-state index contributed by atoms with van der Waals surface area (Å²) in [6, 6.07) is 25.0. The minimum atomic E-state index is -3.50. The van der Waals surface area contributed by atoms with E-state index in [9.17, 15) is 8.78 Å². The molecular weight excluding hydrogens is 551 g/mol. The molecule has 199 valence electrons. The summed E-state index contributed by atoms with van der Waals surface area (Å²) in [4.78, 5) is 1.49. The Morgan fingerprint density at radius 2 is 1.14 bits per heavy atom. The smallest absolute Gasteiger partial charge is 0.395 e. The SMILES string of the molecule is CC.CC.CC.Cc1ccccc1.FC1(F)Oc2ccccc2O1.[CH3-].[Y].c1ccc2c(c1)CCCS2. The number of para-hydroxylation sites is 2. The maximum atomic E-state index is 12.3. The molecule has 0 atom stereocenters. The van der Waals surface area contributed by atoms with Crippen molar-refractivity contribution in [2.45, 2.75) is 72.5 Å². The summed E-state index contributed by atoms with van der Waals surface area (Å²) in [6.07, 6.45) is -0.867. The monoisotopic (exact) mass is 594 g/mol. The Morgan fingerprint density at radius 1 is 0.694 bits per heavy atom. The summed E-state index contributed by atoms with van der Waals surface area (Å²) in [7, 11) is 0. The van der Waals surface area contributed by atoms with Gasteiger partial charge in [-0.05, 0) is 49.3 Å². The molecule has 0 N–H and O–H groups in total. The van der Waals surface area contributed by atoms with Gasteiger partial charge >= 0.3 is 6.29 Å². The number of alkyl halides is 2. The summed E-state index contributed by atoms with van der Waals surface area (Å²) >= 11 is 1.99. The first kappa shape index (κ1) is 39.1. The van der Waals surface area contributed by atoms with Crippen LogP contribution in [-0.4, -0.2) is 12.0 Å². The second kappa shape index (κ2) is 23.9. The Morgan fingerprint density at radius 3 is 1.58 bits per heavy atom. The van der Waals surface area contributed by atoms with Crippen molar-refractivity contribution in [2.75, 3.05) is 5.75 Å². The van der Waals surface area contributed by atoms with Gasteiger partial charge in [-0.15, -0.1) is 20.5 Å². The van der Waals surface area contributed by atoms with E-state index in [4.69, 9.17) is 0 Å². The van der Waals surface area contributed by atoms with Crippen LogP contribution in [0, 0.1) is 14.4 Å². The summed E-state index contributed by atoms with van der Waals surface area (Å²) in [5.74, 6) is 1.46. The Balaban J connectivity index is -0.000000407. The third-order valence-corrected chi connectivity index (χ3v) is 5.27. The van der Waals surface area contributed by atoms with E-state index in [1.54, 1.807) is 17.7 Å². The number of ether oxygens (including phenoxy) is 2. The predicted molar refractivity (Wildman–Crippen MR) is 150 cm³/mol.